The number of nitrogens with one attached hydrogen (secondary N) is 1. The van der Waals surface area contributed by atoms with Crippen molar-refractivity contribution in [1.29, 1.82) is 0 Å². The van der Waals surface area contributed by atoms with Crippen LogP contribution in [0.3, 0.4) is 0 Å². The minimum absolute atomic E-state index is 0.866. The third-order valence-corrected chi connectivity index (χ3v) is 3.20. The summed E-state index contributed by atoms with van der Waals surface area (Å²) in [6.45, 7) is 0. The molecule has 0 fully saturated rings. The molecule has 3 rings (SSSR count). The van der Waals surface area contributed by atoms with Crippen molar-refractivity contribution in [2.75, 3.05) is 0 Å². The summed E-state index contributed by atoms with van der Waals surface area (Å²) in [7, 11) is 0. The minimum Gasteiger partial charge on any atom is -0.364 e. The molecule has 3 aromatic heterocycles. The summed E-state index contributed by atoms with van der Waals surface area (Å²) in [6, 6.07) is 7.86. The maximum Gasteiger partial charge on any atom is 0.124 e. The molecule has 15 heavy (non-hydrogen) atoms. The zero-order valence-corrected chi connectivity index (χ0v) is 8.49. The Labute approximate surface area is 89.5 Å². The lowest BCUT2D eigenvalue weighted by atomic mass is 10.3. The molecule has 0 saturated carbocycles. The quantitative estimate of drug-likeness (QED) is 0.718. The Hall–Kier alpha value is -1.88. The Bertz CT molecular complexity index is 490. The molecule has 3 aromatic rings. The van der Waals surface area contributed by atoms with Gasteiger partial charge in [-0.3, -0.25) is 5.10 Å². The van der Waals surface area contributed by atoms with Gasteiger partial charge in [0.05, 0.1) is 15.4 Å². The first kappa shape index (κ1) is 8.43. The SMILES string of the molecule is c1cc(-c2ccc(-c3ccon3)s2)[nH]n1. The van der Waals surface area contributed by atoms with Crippen LogP contribution in [0.4, 0.5) is 0 Å². The molecule has 0 bridgehead atoms. The molecule has 5 heteroatoms. The van der Waals surface area contributed by atoms with Crippen molar-refractivity contribution in [3.8, 4) is 21.1 Å². The van der Waals surface area contributed by atoms with Crippen LogP contribution in [0.2, 0.25) is 0 Å². The van der Waals surface area contributed by atoms with Crippen molar-refractivity contribution >= 4 is 11.3 Å². The molecule has 3 heterocycles. The van der Waals surface area contributed by atoms with Crippen LogP contribution in [0.15, 0.2) is 41.2 Å². The van der Waals surface area contributed by atoms with Crippen LogP contribution in [0, 0.1) is 0 Å². The molecule has 0 aliphatic heterocycles. The fourth-order valence-electron chi connectivity index (χ4n) is 1.35. The largest absolute Gasteiger partial charge is 0.364 e. The molecule has 0 atom stereocenters. The predicted octanol–water partition coefficient (Wildman–Crippen LogP) is 2.79. The summed E-state index contributed by atoms with van der Waals surface area (Å²) < 4.78 is 4.81. The Morgan fingerprint density at radius 1 is 1.13 bits per heavy atom. The van der Waals surface area contributed by atoms with E-state index in [0.29, 0.717) is 0 Å². The van der Waals surface area contributed by atoms with Gasteiger partial charge in [-0.15, -0.1) is 11.3 Å². The summed E-state index contributed by atoms with van der Waals surface area (Å²) in [4.78, 5) is 2.24. The Kier molecular flexibility index (Phi) is 1.89. The number of rotatable bonds is 2. The van der Waals surface area contributed by atoms with Gasteiger partial charge in [0.25, 0.3) is 0 Å². The van der Waals surface area contributed by atoms with Gasteiger partial charge in [-0.25, -0.2) is 0 Å². The Balaban J connectivity index is 2.02. The van der Waals surface area contributed by atoms with Crippen molar-refractivity contribution in [1.82, 2.24) is 15.4 Å². The Morgan fingerprint density at radius 2 is 2.07 bits per heavy atom. The Morgan fingerprint density at radius 3 is 2.80 bits per heavy atom. The van der Waals surface area contributed by atoms with Gasteiger partial charge in [0.15, 0.2) is 0 Å². The fraction of sp³-hybridized carbons (Fsp3) is 0. The molecule has 0 spiro atoms. The highest BCUT2D eigenvalue weighted by molar-refractivity contribution is 7.18. The van der Waals surface area contributed by atoms with Gasteiger partial charge in [-0.05, 0) is 18.2 Å². The highest BCUT2D eigenvalue weighted by Crippen LogP contribution is 2.32. The van der Waals surface area contributed by atoms with E-state index < -0.39 is 0 Å². The van der Waals surface area contributed by atoms with Gasteiger partial charge in [0.2, 0.25) is 0 Å². The molecule has 0 radical (unpaired) electrons. The summed E-state index contributed by atoms with van der Waals surface area (Å²) in [6.07, 6.45) is 3.32. The molecule has 0 saturated heterocycles. The molecule has 0 aromatic carbocycles. The normalized spacial score (nSPS) is 10.7. The van der Waals surface area contributed by atoms with E-state index in [1.807, 2.05) is 24.3 Å². The van der Waals surface area contributed by atoms with Crippen LogP contribution >= 0.6 is 11.3 Å². The number of H-pyrrole nitrogens is 1. The number of hydrogen-bond donors (Lipinski definition) is 1. The first-order valence-corrected chi connectivity index (χ1v) is 5.25. The van der Waals surface area contributed by atoms with Crippen LogP contribution in [0.1, 0.15) is 0 Å². The minimum atomic E-state index is 0.866. The molecule has 0 aliphatic rings. The third kappa shape index (κ3) is 1.46. The molecule has 4 nitrogen and oxygen atoms in total. The van der Waals surface area contributed by atoms with E-state index >= 15 is 0 Å². The lowest BCUT2D eigenvalue weighted by molar-refractivity contribution is 0.422. The van der Waals surface area contributed by atoms with Crippen LogP contribution in [-0.4, -0.2) is 15.4 Å². The maximum absolute atomic E-state index is 4.81. The molecule has 0 aliphatic carbocycles. The van der Waals surface area contributed by atoms with Crippen LogP contribution < -0.4 is 0 Å². The monoisotopic (exact) mass is 217 g/mol. The first-order chi connectivity index (χ1) is 7.43. The van der Waals surface area contributed by atoms with E-state index in [0.717, 1.165) is 21.1 Å². The lowest BCUT2D eigenvalue weighted by Crippen LogP contribution is -1.69. The number of aromatic amines is 1. The van der Waals surface area contributed by atoms with Crippen molar-refractivity contribution in [2.24, 2.45) is 0 Å². The van der Waals surface area contributed by atoms with Gasteiger partial charge in [0.1, 0.15) is 12.0 Å². The number of hydrogen-bond acceptors (Lipinski definition) is 4. The van der Waals surface area contributed by atoms with Crippen LogP contribution in [-0.2, 0) is 0 Å². The van der Waals surface area contributed by atoms with Crippen molar-refractivity contribution in [3.05, 3.63) is 36.7 Å². The second-order valence-electron chi connectivity index (χ2n) is 3.02. The molecular weight excluding hydrogens is 210 g/mol. The summed E-state index contributed by atoms with van der Waals surface area (Å²) in [5.74, 6) is 0. The van der Waals surface area contributed by atoms with Gasteiger partial charge in [-0.2, -0.15) is 5.10 Å². The van der Waals surface area contributed by atoms with E-state index in [1.165, 1.54) is 0 Å². The van der Waals surface area contributed by atoms with Gasteiger partial charge in [-0.1, -0.05) is 5.16 Å². The average Bonchev–Trinajstić information content (AvgIpc) is 3.02. The molecule has 74 valence electrons. The van der Waals surface area contributed by atoms with E-state index in [-0.39, 0.29) is 0 Å². The average molecular weight is 217 g/mol. The number of thiophene rings is 1. The van der Waals surface area contributed by atoms with E-state index in [9.17, 15) is 0 Å². The highest BCUT2D eigenvalue weighted by Gasteiger charge is 2.07. The maximum atomic E-state index is 4.81. The number of aromatic nitrogens is 3. The molecule has 0 unspecified atom stereocenters. The fourth-order valence-corrected chi connectivity index (χ4v) is 2.30. The van der Waals surface area contributed by atoms with E-state index in [1.54, 1.807) is 23.8 Å². The van der Waals surface area contributed by atoms with E-state index in [4.69, 9.17) is 4.52 Å². The van der Waals surface area contributed by atoms with Gasteiger partial charge >= 0.3 is 0 Å². The van der Waals surface area contributed by atoms with Crippen molar-refractivity contribution in [2.45, 2.75) is 0 Å². The molecule has 0 amide bonds. The highest BCUT2D eigenvalue weighted by atomic mass is 32.1. The zero-order valence-electron chi connectivity index (χ0n) is 7.68. The molecule has 1 N–H and O–H groups in total. The molecular formula is C10H7N3OS. The van der Waals surface area contributed by atoms with Gasteiger partial charge in [0, 0.05) is 12.3 Å². The lowest BCUT2D eigenvalue weighted by Gasteiger charge is -1.88. The zero-order chi connectivity index (χ0) is 10.1. The summed E-state index contributed by atoms with van der Waals surface area (Å²) in [5, 5.41) is 10.7. The predicted molar refractivity (Wildman–Crippen MR) is 57.4 cm³/mol. The third-order valence-electron chi connectivity index (χ3n) is 2.06. The number of nitrogens with zero attached hydrogens (tertiary/aromatic N) is 2. The van der Waals surface area contributed by atoms with Gasteiger partial charge < -0.3 is 4.52 Å². The second kappa shape index (κ2) is 3.36. The van der Waals surface area contributed by atoms with Crippen molar-refractivity contribution in [3.63, 3.8) is 0 Å². The van der Waals surface area contributed by atoms with Crippen molar-refractivity contribution < 1.29 is 4.52 Å². The van der Waals surface area contributed by atoms with E-state index in [2.05, 4.69) is 15.4 Å². The topological polar surface area (TPSA) is 54.7 Å². The second-order valence-corrected chi connectivity index (χ2v) is 4.10. The van der Waals surface area contributed by atoms with Crippen LogP contribution in [0.5, 0.6) is 0 Å². The smallest absolute Gasteiger partial charge is 0.124 e. The standard InChI is InChI=1S/C10H7N3OS/c1-2-10(8-4-6-14-13-8)15-9(1)7-3-5-11-12-7/h1-6H,(H,11,12). The summed E-state index contributed by atoms with van der Waals surface area (Å²) in [5.41, 5.74) is 1.89. The first-order valence-electron chi connectivity index (χ1n) is 4.44. The summed E-state index contributed by atoms with van der Waals surface area (Å²) >= 11 is 1.65. The van der Waals surface area contributed by atoms with Crippen LogP contribution in [0.25, 0.3) is 21.1 Å².